The Hall–Kier alpha value is -1.98. The molecule has 19 heavy (non-hydrogen) atoms. The van der Waals surface area contributed by atoms with Crippen LogP contribution in [0.5, 0.6) is 0 Å². The first kappa shape index (κ1) is 13.5. The lowest BCUT2D eigenvalue weighted by atomic mass is 10.1. The van der Waals surface area contributed by atoms with Gasteiger partial charge in [-0.25, -0.2) is 0 Å². The van der Waals surface area contributed by atoms with Crippen LogP contribution in [0.4, 0.5) is 13.2 Å². The van der Waals surface area contributed by atoms with Crippen LogP contribution in [0.1, 0.15) is 18.2 Å². The van der Waals surface area contributed by atoms with E-state index in [-0.39, 0.29) is 12.0 Å². The second-order valence-electron chi connectivity index (χ2n) is 4.41. The van der Waals surface area contributed by atoms with Gasteiger partial charge >= 0.3 is 12.1 Å². The highest BCUT2D eigenvalue weighted by Crippen LogP contribution is 2.32. The number of hydrogen-bond donors (Lipinski definition) is 1. The van der Waals surface area contributed by atoms with E-state index in [0.717, 1.165) is 12.1 Å². The Balaban J connectivity index is 2.33. The molecule has 0 saturated carbocycles. The van der Waals surface area contributed by atoms with Crippen molar-refractivity contribution in [3.63, 3.8) is 0 Å². The van der Waals surface area contributed by atoms with Gasteiger partial charge in [-0.15, -0.1) is 0 Å². The molecule has 1 unspecified atom stereocenters. The summed E-state index contributed by atoms with van der Waals surface area (Å²) in [5.41, 5.74) is -0.672. The van der Waals surface area contributed by atoms with Gasteiger partial charge in [0.05, 0.1) is 11.5 Å². The van der Waals surface area contributed by atoms with Gasteiger partial charge in [-0.3, -0.25) is 4.79 Å². The highest BCUT2D eigenvalue weighted by atomic mass is 19.4. The predicted octanol–water partition coefficient (Wildman–Crippen LogP) is 3.71. The summed E-state index contributed by atoms with van der Waals surface area (Å²) in [6.45, 7) is 1.51. The predicted molar refractivity (Wildman–Crippen MR) is 61.7 cm³/mol. The molecule has 0 bridgehead atoms. The molecule has 0 aliphatic rings. The van der Waals surface area contributed by atoms with Gasteiger partial charge in [0.1, 0.15) is 11.3 Å². The fourth-order valence-corrected chi connectivity index (χ4v) is 1.75. The first-order chi connectivity index (χ1) is 8.77. The number of halogens is 3. The van der Waals surface area contributed by atoms with Gasteiger partial charge in [-0.2, -0.15) is 13.2 Å². The van der Waals surface area contributed by atoms with Crippen molar-refractivity contribution >= 4 is 16.9 Å². The van der Waals surface area contributed by atoms with Gasteiger partial charge in [0.15, 0.2) is 0 Å². The summed E-state index contributed by atoms with van der Waals surface area (Å²) in [7, 11) is 0. The second kappa shape index (κ2) is 4.60. The molecule has 0 fully saturated rings. The maximum Gasteiger partial charge on any atom is 0.416 e. The Bertz CT molecular complexity index is 613. The number of carboxylic acids is 1. The van der Waals surface area contributed by atoms with Gasteiger partial charge in [-0.1, -0.05) is 13.0 Å². The third kappa shape index (κ3) is 2.89. The lowest BCUT2D eigenvalue weighted by Gasteiger charge is -2.05. The van der Waals surface area contributed by atoms with E-state index in [1.165, 1.54) is 13.0 Å². The highest BCUT2D eigenvalue weighted by Gasteiger charge is 2.31. The Morgan fingerprint density at radius 3 is 2.63 bits per heavy atom. The molecule has 1 aromatic heterocycles. The molecule has 0 aliphatic heterocycles. The minimum absolute atomic E-state index is 0.113. The summed E-state index contributed by atoms with van der Waals surface area (Å²) in [6, 6.07) is 4.78. The van der Waals surface area contributed by atoms with Crippen LogP contribution in [0.2, 0.25) is 0 Å². The van der Waals surface area contributed by atoms with E-state index in [4.69, 9.17) is 9.52 Å². The van der Waals surface area contributed by atoms with E-state index >= 15 is 0 Å². The maximum absolute atomic E-state index is 12.5. The van der Waals surface area contributed by atoms with Crippen molar-refractivity contribution in [2.24, 2.45) is 5.92 Å². The van der Waals surface area contributed by atoms with Crippen LogP contribution in [-0.4, -0.2) is 11.1 Å². The monoisotopic (exact) mass is 272 g/mol. The zero-order chi connectivity index (χ0) is 14.2. The average molecular weight is 272 g/mol. The van der Waals surface area contributed by atoms with Crippen molar-refractivity contribution in [2.45, 2.75) is 19.5 Å². The van der Waals surface area contributed by atoms with Crippen molar-refractivity contribution in [2.75, 3.05) is 0 Å². The number of aliphatic carboxylic acids is 1. The normalized spacial score (nSPS) is 13.7. The topological polar surface area (TPSA) is 50.4 Å². The van der Waals surface area contributed by atoms with E-state index in [9.17, 15) is 18.0 Å². The van der Waals surface area contributed by atoms with Gasteiger partial charge in [0.25, 0.3) is 0 Å². The van der Waals surface area contributed by atoms with Crippen LogP contribution in [0.25, 0.3) is 11.0 Å². The molecule has 0 amide bonds. The minimum Gasteiger partial charge on any atom is -0.481 e. The SMILES string of the molecule is CC(Cc1cc2ccc(C(F)(F)F)cc2o1)C(=O)O. The van der Waals surface area contributed by atoms with Crippen molar-refractivity contribution in [3.05, 3.63) is 35.6 Å². The van der Waals surface area contributed by atoms with Gasteiger partial charge < -0.3 is 9.52 Å². The summed E-state index contributed by atoms with van der Waals surface area (Å²) in [5, 5.41) is 9.31. The van der Waals surface area contributed by atoms with Crippen molar-refractivity contribution in [3.8, 4) is 0 Å². The molecule has 0 radical (unpaired) electrons. The van der Waals surface area contributed by atoms with Crippen LogP contribution in [0.3, 0.4) is 0 Å². The first-order valence-corrected chi connectivity index (χ1v) is 5.60. The molecule has 102 valence electrons. The molecule has 1 N–H and O–H groups in total. The molecule has 1 aromatic carbocycles. The highest BCUT2D eigenvalue weighted by molar-refractivity contribution is 5.79. The number of hydrogen-bond acceptors (Lipinski definition) is 2. The van der Waals surface area contributed by atoms with Crippen molar-refractivity contribution in [1.29, 1.82) is 0 Å². The van der Waals surface area contributed by atoms with Crippen LogP contribution in [0, 0.1) is 5.92 Å². The molecule has 6 heteroatoms. The third-order valence-corrected chi connectivity index (χ3v) is 2.83. The van der Waals surface area contributed by atoms with E-state index in [1.54, 1.807) is 6.07 Å². The first-order valence-electron chi connectivity index (χ1n) is 5.60. The van der Waals surface area contributed by atoms with Crippen molar-refractivity contribution in [1.82, 2.24) is 0 Å². The standard InChI is InChI=1S/C13H11F3O3/c1-7(12(17)18)4-10-5-8-2-3-9(13(14,15)16)6-11(8)19-10/h2-3,5-7H,4H2,1H3,(H,17,18). The molecule has 1 heterocycles. The fraction of sp³-hybridized carbons (Fsp3) is 0.308. The summed E-state index contributed by atoms with van der Waals surface area (Å²) < 4.78 is 42.8. The zero-order valence-corrected chi connectivity index (χ0v) is 9.99. The Morgan fingerprint density at radius 1 is 1.37 bits per heavy atom. The molecule has 0 spiro atoms. The molecule has 0 aliphatic carbocycles. The number of alkyl halides is 3. The molecule has 2 rings (SSSR count). The van der Waals surface area contributed by atoms with Crippen LogP contribution < -0.4 is 0 Å². The number of furan rings is 1. The molecular weight excluding hydrogens is 261 g/mol. The quantitative estimate of drug-likeness (QED) is 0.926. The molecule has 0 saturated heterocycles. The van der Waals surface area contributed by atoms with Gasteiger partial charge in [-0.05, 0) is 18.2 Å². The van der Waals surface area contributed by atoms with E-state index in [2.05, 4.69) is 0 Å². The summed E-state index contributed by atoms with van der Waals surface area (Å²) in [6.07, 6.45) is -4.28. The fourth-order valence-electron chi connectivity index (χ4n) is 1.75. The molecule has 2 aromatic rings. The lowest BCUT2D eigenvalue weighted by molar-refractivity contribution is -0.141. The number of carboxylic acid groups (broad SMARTS) is 1. The number of fused-ring (bicyclic) bond motifs is 1. The van der Waals surface area contributed by atoms with Crippen molar-refractivity contribution < 1.29 is 27.5 Å². The van der Waals surface area contributed by atoms with Crippen LogP contribution in [0.15, 0.2) is 28.7 Å². The largest absolute Gasteiger partial charge is 0.481 e. The summed E-state index contributed by atoms with van der Waals surface area (Å²) in [5.74, 6) is -1.26. The average Bonchev–Trinajstić information content (AvgIpc) is 2.68. The molecule has 3 nitrogen and oxygen atoms in total. The third-order valence-electron chi connectivity index (χ3n) is 2.83. The minimum atomic E-state index is -4.42. The number of carbonyl (C=O) groups is 1. The lowest BCUT2D eigenvalue weighted by Crippen LogP contribution is -2.11. The van der Waals surface area contributed by atoms with Crippen LogP contribution >= 0.6 is 0 Å². The Kier molecular flexibility index (Phi) is 3.26. The smallest absolute Gasteiger partial charge is 0.416 e. The molecular formula is C13H11F3O3. The zero-order valence-electron chi connectivity index (χ0n) is 9.99. The van der Waals surface area contributed by atoms with Gasteiger partial charge in [0, 0.05) is 11.8 Å². The number of benzene rings is 1. The summed E-state index contributed by atoms with van der Waals surface area (Å²) >= 11 is 0. The summed E-state index contributed by atoms with van der Waals surface area (Å²) in [4.78, 5) is 10.7. The Morgan fingerprint density at radius 2 is 2.05 bits per heavy atom. The van der Waals surface area contributed by atoms with Crippen LogP contribution in [-0.2, 0) is 17.4 Å². The van der Waals surface area contributed by atoms with E-state index in [0.29, 0.717) is 11.1 Å². The van der Waals surface area contributed by atoms with Gasteiger partial charge in [0.2, 0.25) is 0 Å². The Labute approximate surface area is 106 Å². The maximum atomic E-state index is 12.5. The van der Waals surface area contributed by atoms with E-state index in [1.807, 2.05) is 0 Å². The molecule has 1 atom stereocenters. The number of rotatable bonds is 3. The second-order valence-corrected chi connectivity index (χ2v) is 4.41. The van der Waals surface area contributed by atoms with E-state index < -0.39 is 23.6 Å².